The SMILES string of the molecule is CCC1C[C@H](C(=O)Nc2ccncc2Br)[C@H](C(=O)O)C1. The number of halogens is 1. The summed E-state index contributed by atoms with van der Waals surface area (Å²) in [7, 11) is 0. The van der Waals surface area contributed by atoms with Crippen LogP contribution in [0.4, 0.5) is 5.69 Å². The van der Waals surface area contributed by atoms with E-state index >= 15 is 0 Å². The minimum Gasteiger partial charge on any atom is -0.481 e. The van der Waals surface area contributed by atoms with Crippen LogP contribution < -0.4 is 5.32 Å². The minimum atomic E-state index is -0.880. The Hall–Kier alpha value is -1.43. The molecule has 0 radical (unpaired) electrons. The van der Waals surface area contributed by atoms with Crippen LogP contribution in [0.5, 0.6) is 0 Å². The van der Waals surface area contributed by atoms with Crippen LogP contribution in [0.15, 0.2) is 22.9 Å². The molecule has 1 aromatic rings. The molecule has 3 atom stereocenters. The fourth-order valence-corrected chi connectivity index (χ4v) is 3.09. The lowest BCUT2D eigenvalue weighted by Crippen LogP contribution is -2.30. The third kappa shape index (κ3) is 3.17. The third-order valence-corrected chi connectivity index (χ3v) is 4.55. The van der Waals surface area contributed by atoms with Gasteiger partial charge in [0.1, 0.15) is 0 Å². The van der Waals surface area contributed by atoms with Crippen LogP contribution >= 0.6 is 15.9 Å². The summed E-state index contributed by atoms with van der Waals surface area (Å²) >= 11 is 3.31. The molecule has 1 heterocycles. The number of carboxylic acids is 1. The zero-order valence-electron chi connectivity index (χ0n) is 11.2. The van der Waals surface area contributed by atoms with Crippen LogP contribution in [0, 0.1) is 17.8 Å². The molecule has 6 heteroatoms. The van der Waals surface area contributed by atoms with Gasteiger partial charge in [-0.3, -0.25) is 14.6 Å². The van der Waals surface area contributed by atoms with Gasteiger partial charge >= 0.3 is 5.97 Å². The highest BCUT2D eigenvalue weighted by Crippen LogP contribution is 2.39. The first-order valence-corrected chi connectivity index (χ1v) is 7.45. The molecule has 1 fully saturated rings. The second kappa shape index (κ2) is 6.35. The van der Waals surface area contributed by atoms with Gasteiger partial charge in [-0.15, -0.1) is 0 Å². The van der Waals surface area contributed by atoms with Crippen molar-refractivity contribution in [3.05, 3.63) is 22.9 Å². The van der Waals surface area contributed by atoms with E-state index in [0.717, 1.165) is 6.42 Å². The summed E-state index contributed by atoms with van der Waals surface area (Å²) in [5, 5.41) is 12.1. The number of carbonyl (C=O) groups is 2. The Balaban J connectivity index is 2.11. The lowest BCUT2D eigenvalue weighted by atomic mass is 9.95. The van der Waals surface area contributed by atoms with Crippen molar-refractivity contribution in [1.82, 2.24) is 4.98 Å². The predicted molar refractivity (Wildman–Crippen MR) is 78.2 cm³/mol. The topological polar surface area (TPSA) is 79.3 Å². The molecule has 1 saturated carbocycles. The van der Waals surface area contributed by atoms with Crippen molar-refractivity contribution < 1.29 is 14.7 Å². The van der Waals surface area contributed by atoms with E-state index in [4.69, 9.17) is 0 Å². The number of nitrogens with zero attached hydrogens (tertiary/aromatic N) is 1. The van der Waals surface area contributed by atoms with E-state index < -0.39 is 17.8 Å². The summed E-state index contributed by atoms with van der Waals surface area (Å²) in [5.74, 6) is -1.83. The van der Waals surface area contributed by atoms with E-state index in [0.29, 0.717) is 28.9 Å². The number of hydrogen-bond acceptors (Lipinski definition) is 3. The van der Waals surface area contributed by atoms with Crippen LogP contribution in [-0.4, -0.2) is 22.0 Å². The van der Waals surface area contributed by atoms with Crippen molar-refractivity contribution in [1.29, 1.82) is 0 Å². The molecule has 1 aliphatic rings. The normalized spacial score (nSPS) is 25.4. The predicted octanol–water partition coefficient (Wildman–Crippen LogP) is 2.92. The lowest BCUT2D eigenvalue weighted by molar-refractivity contribution is -0.145. The second-order valence-electron chi connectivity index (χ2n) is 5.14. The zero-order chi connectivity index (χ0) is 14.7. The van der Waals surface area contributed by atoms with Gasteiger partial charge in [0.05, 0.1) is 22.0 Å². The van der Waals surface area contributed by atoms with Crippen LogP contribution in [0.2, 0.25) is 0 Å². The van der Waals surface area contributed by atoms with Gasteiger partial charge < -0.3 is 10.4 Å². The molecule has 5 nitrogen and oxygen atoms in total. The molecule has 20 heavy (non-hydrogen) atoms. The number of hydrogen-bond donors (Lipinski definition) is 2. The average Bonchev–Trinajstić information content (AvgIpc) is 2.86. The van der Waals surface area contributed by atoms with Crippen molar-refractivity contribution in [2.75, 3.05) is 5.32 Å². The van der Waals surface area contributed by atoms with E-state index in [1.807, 2.05) is 6.92 Å². The maximum Gasteiger partial charge on any atom is 0.307 e. The molecule has 1 amide bonds. The molecule has 1 aliphatic carbocycles. The smallest absolute Gasteiger partial charge is 0.307 e. The van der Waals surface area contributed by atoms with Gasteiger partial charge in [0.15, 0.2) is 0 Å². The van der Waals surface area contributed by atoms with Crippen LogP contribution in [0.1, 0.15) is 26.2 Å². The van der Waals surface area contributed by atoms with E-state index in [2.05, 4.69) is 26.2 Å². The van der Waals surface area contributed by atoms with E-state index in [1.54, 1.807) is 18.5 Å². The van der Waals surface area contributed by atoms with Gasteiger partial charge in [0, 0.05) is 12.4 Å². The Morgan fingerprint density at radius 1 is 1.45 bits per heavy atom. The summed E-state index contributed by atoms with van der Waals surface area (Å²) < 4.78 is 0.685. The maximum atomic E-state index is 12.3. The first-order valence-electron chi connectivity index (χ1n) is 6.66. The first-order chi connectivity index (χ1) is 9.52. The second-order valence-corrected chi connectivity index (χ2v) is 6.00. The van der Waals surface area contributed by atoms with Crippen LogP contribution in [0.3, 0.4) is 0 Å². The lowest BCUT2D eigenvalue weighted by Gasteiger charge is -2.16. The average molecular weight is 341 g/mol. The number of aliphatic carboxylic acids is 1. The monoisotopic (exact) mass is 340 g/mol. The molecule has 0 bridgehead atoms. The van der Waals surface area contributed by atoms with Crippen molar-refractivity contribution in [3.63, 3.8) is 0 Å². The molecule has 108 valence electrons. The Morgan fingerprint density at radius 2 is 2.15 bits per heavy atom. The minimum absolute atomic E-state index is 0.222. The van der Waals surface area contributed by atoms with Gasteiger partial charge in [-0.25, -0.2) is 0 Å². The van der Waals surface area contributed by atoms with Crippen LogP contribution in [0.25, 0.3) is 0 Å². The van der Waals surface area contributed by atoms with Gasteiger partial charge in [0.25, 0.3) is 0 Å². The third-order valence-electron chi connectivity index (χ3n) is 3.92. The number of carbonyl (C=O) groups excluding carboxylic acids is 1. The molecular weight excluding hydrogens is 324 g/mol. The Labute approximate surface area is 125 Å². The van der Waals surface area contributed by atoms with Crippen molar-refractivity contribution in [3.8, 4) is 0 Å². The molecule has 1 aromatic heterocycles. The molecule has 0 saturated heterocycles. The van der Waals surface area contributed by atoms with Crippen molar-refractivity contribution >= 4 is 33.5 Å². The quantitative estimate of drug-likeness (QED) is 0.883. The number of amides is 1. The maximum absolute atomic E-state index is 12.3. The van der Waals surface area contributed by atoms with Crippen molar-refractivity contribution in [2.24, 2.45) is 17.8 Å². The summed E-state index contributed by atoms with van der Waals surface area (Å²) in [5.41, 5.74) is 0.620. The number of pyridine rings is 1. The van der Waals surface area contributed by atoms with E-state index in [9.17, 15) is 14.7 Å². The van der Waals surface area contributed by atoms with Gasteiger partial charge in [-0.2, -0.15) is 0 Å². The molecule has 0 aliphatic heterocycles. The first kappa shape index (κ1) is 15.0. The highest BCUT2D eigenvalue weighted by atomic mass is 79.9. The summed E-state index contributed by atoms with van der Waals surface area (Å²) in [6.45, 7) is 2.03. The Kier molecular flexibility index (Phi) is 4.75. The number of aromatic nitrogens is 1. The van der Waals surface area contributed by atoms with Crippen LogP contribution in [-0.2, 0) is 9.59 Å². The number of rotatable bonds is 4. The number of nitrogens with one attached hydrogen (secondary N) is 1. The summed E-state index contributed by atoms with van der Waals surface area (Å²) in [6.07, 6.45) is 5.31. The number of anilines is 1. The largest absolute Gasteiger partial charge is 0.481 e. The molecule has 0 aromatic carbocycles. The number of carboxylic acid groups (broad SMARTS) is 1. The molecule has 2 N–H and O–H groups in total. The fraction of sp³-hybridized carbons (Fsp3) is 0.500. The summed E-state index contributed by atoms with van der Waals surface area (Å²) in [4.78, 5) is 27.6. The standard InChI is InChI=1S/C14H17BrN2O3/c1-2-8-5-9(10(6-8)14(19)20)13(18)17-12-3-4-16-7-11(12)15/h3-4,7-10H,2,5-6H2,1H3,(H,19,20)(H,16,17,18)/t8?,9-,10+/m0/s1. The van der Waals surface area contributed by atoms with Gasteiger partial charge in [-0.1, -0.05) is 13.3 Å². The van der Waals surface area contributed by atoms with E-state index in [1.165, 1.54) is 0 Å². The van der Waals surface area contributed by atoms with Gasteiger partial charge in [0.2, 0.25) is 5.91 Å². The molecule has 0 spiro atoms. The fourth-order valence-electron chi connectivity index (χ4n) is 2.74. The highest BCUT2D eigenvalue weighted by molar-refractivity contribution is 9.10. The Morgan fingerprint density at radius 3 is 2.75 bits per heavy atom. The zero-order valence-corrected chi connectivity index (χ0v) is 12.8. The highest BCUT2D eigenvalue weighted by Gasteiger charge is 2.42. The summed E-state index contributed by atoms with van der Waals surface area (Å²) in [6, 6.07) is 1.68. The van der Waals surface area contributed by atoms with E-state index in [-0.39, 0.29) is 5.91 Å². The Bertz CT molecular complexity index is 521. The molecule has 2 rings (SSSR count). The van der Waals surface area contributed by atoms with Crippen molar-refractivity contribution in [2.45, 2.75) is 26.2 Å². The molecule has 1 unspecified atom stereocenters. The molecular formula is C14H17BrN2O3. The van der Waals surface area contributed by atoms with Gasteiger partial charge in [-0.05, 0) is 40.8 Å².